The van der Waals surface area contributed by atoms with E-state index in [0.717, 1.165) is 45.4 Å². The predicted octanol–water partition coefficient (Wildman–Crippen LogP) is 3.10. The van der Waals surface area contributed by atoms with Gasteiger partial charge in [-0.3, -0.25) is 4.79 Å². The summed E-state index contributed by atoms with van der Waals surface area (Å²) >= 11 is 6.11. The third kappa shape index (κ3) is 3.73. The molecule has 1 saturated heterocycles. The minimum absolute atomic E-state index is 0.0270. The lowest BCUT2D eigenvalue weighted by atomic mass is 10.1. The maximum atomic E-state index is 12.9. The molecule has 0 atom stereocenters. The van der Waals surface area contributed by atoms with Gasteiger partial charge >= 0.3 is 0 Å². The molecule has 1 aliphatic carbocycles. The number of hydrogen-bond acceptors (Lipinski definition) is 3. The third-order valence-corrected chi connectivity index (χ3v) is 4.63. The van der Waals surface area contributed by atoms with Crippen molar-refractivity contribution >= 4 is 17.5 Å². The van der Waals surface area contributed by atoms with Gasteiger partial charge in [0.25, 0.3) is 5.91 Å². The molecule has 0 spiro atoms. The monoisotopic (exact) mass is 322 g/mol. The fourth-order valence-electron chi connectivity index (χ4n) is 3.18. The lowest BCUT2D eigenvalue weighted by Gasteiger charge is -2.23. The Kier molecular flexibility index (Phi) is 5.21. The minimum Gasteiger partial charge on any atom is -0.490 e. The lowest BCUT2D eigenvalue weighted by Crippen LogP contribution is -2.34. The number of ether oxygens (including phenoxy) is 1. The van der Waals surface area contributed by atoms with E-state index in [1.54, 1.807) is 12.1 Å². The van der Waals surface area contributed by atoms with Gasteiger partial charge in [-0.05, 0) is 56.8 Å². The molecule has 0 radical (unpaired) electrons. The van der Waals surface area contributed by atoms with Crippen LogP contribution in [0, 0.1) is 0 Å². The van der Waals surface area contributed by atoms with Crippen LogP contribution in [0.3, 0.4) is 0 Å². The van der Waals surface area contributed by atoms with Crippen LogP contribution in [0.1, 0.15) is 42.5 Å². The zero-order chi connectivity index (χ0) is 15.4. The lowest BCUT2D eigenvalue weighted by molar-refractivity contribution is 0.0759. The summed E-state index contributed by atoms with van der Waals surface area (Å²) < 4.78 is 6.08. The molecule has 120 valence electrons. The summed E-state index contributed by atoms with van der Waals surface area (Å²) in [5.41, 5.74) is 0.598. The van der Waals surface area contributed by atoms with Gasteiger partial charge in [-0.1, -0.05) is 11.6 Å². The number of nitrogens with one attached hydrogen (secondary N) is 1. The van der Waals surface area contributed by atoms with Gasteiger partial charge in [0.05, 0.1) is 11.7 Å². The van der Waals surface area contributed by atoms with Crippen LogP contribution in [0.2, 0.25) is 5.02 Å². The molecule has 1 aromatic carbocycles. The topological polar surface area (TPSA) is 41.6 Å². The molecule has 1 aromatic rings. The first-order valence-electron chi connectivity index (χ1n) is 8.20. The zero-order valence-electron chi connectivity index (χ0n) is 12.8. The number of nitrogens with zero attached hydrogens (tertiary/aromatic N) is 1. The summed E-state index contributed by atoms with van der Waals surface area (Å²) in [5, 5.41) is 3.90. The molecule has 5 heteroatoms. The van der Waals surface area contributed by atoms with E-state index in [2.05, 4.69) is 5.32 Å². The number of halogens is 1. The van der Waals surface area contributed by atoms with Gasteiger partial charge in [0.2, 0.25) is 0 Å². The van der Waals surface area contributed by atoms with E-state index in [1.165, 1.54) is 12.8 Å². The van der Waals surface area contributed by atoms with Gasteiger partial charge in [0, 0.05) is 24.7 Å². The summed E-state index contributed by atoms with van der Waals surface area (Å²) in [7, 11) is 0. The van der Waals surface area contributed by atoms with Crippen molar-refractivity contribution in [3.8, 4) is 5.75 Å². The van der Waals surface area contributed by atoms with Crippen molar-refractivity contribution < 1.29 is 9.53 Å². The molecule has 2 fully saturated rings. The maximum absolute atomic E-state index is 12.9. The summed E-state index contributed by atoms with van der Waals surface area (Å²) in [5.74, 6) is 0.706. The van der Waals surface area contributed by atoms with Crippen LogP contribution < -0.4 is 10.1 Å². The van der Waals surface area contributed by atoms with Gasteiger partial charge in [0.15, 0.2) is 0 Å². The SMILES string of the molecule is O=C(c1cc(Cl)ccc1OC1CCCC1)N1CCCNCC1. The molecule has 1 amide bonds. The first-order chi connectivity index (χ1) is 10.7. The number of amides is 1. The van der Waals surface area contributed by atoms with Crippen LogP contribution in [-0.2, 0) is 0 Å². The quantitative estimate of drug-likeness (QED) is 0.929. The van der Waals surface area contributed by atoms with E-state index in [9.17, 15) is 4.79 Å². The first-order valence-corrected chi connectivity index (χ1v) is 8.58. The number of hydrogen-bond donors (Lipinski definition) is 1. The fraction of sp³-hybridized carbons (Fsp3) is 0.588. The highest BCUT2D eigenvalue weighted by Crippen LogP contribution is 2.29. The van der Waals surface area contributed by atoms with Gasteiger partial charge in [-0.2, -0.15) is 0 Å². The molecule has 22 heavy (non-hydrogen) atoms. The van der Waals surface area contributed by atoms with Gasteiger partial charge in [-0.25, -0.2) is 0 Å². The Morgan fingerprint density at radius 2 is 2.00 bits per heavy atom. The summed E-state index contributed by atoms with van der Waals surface area (Å²) in [6.07, 6.45) is 5.77. The van der Waals surface area contributed by atoms with Gasteiger partial charge in [-0.15, -0.1) is 0 Å². The van der Waals surface area contributed by atoms with Gasteiger partial charge in [0.1, 0.15) is 5.75 Å². The Morgan fingerprint density at radius 1 is 1.18 bits per heavy atom. The van der Waals surface area contributed by atoms with Gasteiger partial charge < -0.3 is 15.0 Å². The van der Waals surface area contributed by atoms with Crippen molar-refractivity contribution in [2.24, 2.45) is 0 Å². The van der Waals surface area contributed by atoms with E-state index < -0.39 is 0 Å². The van der Waals surface area contributed by atoms with E-state index in [0.29, 0.717) is 16.3 Å². The van der Waals surface area contributed by atoms with E-state index in [1.807, 2.05) is 11.0 Å². The largest absolute Gasteiger partial charge is 0.490 e. The maximum Gasteiger partial charge on any atom is 0.257 e. The van der Waals surface area contributed by atoms with Crippen LogP contribution in [0.15, 0.2) is 18.2 Å². The third-order valence-electron chi connectivity index (χ3n) is 4.40. The Hall–Kier alpha value is -1.26. The van der Waals surface area contributed by atoms with Crippen molar-refractivity contribution in [3.05, 3.63) is 28.8 Å². The van der Waals surface area contributed by atoms with Crippen LogP contribution in [0.25, 0.3) is 0 Å². The first kappa shape index (κ1) is 15.6. The molecular formula is C17H23ClN2O2. The molecule has 2 aliphatic rings. The molecule has 1 aliphatic heterocycles. The second kappa shape index (κ2) is 7.34. The Bertz CT molecular complexity index is 521. The van der Waals surface area contributed by atoms with Crippen molar-refractivity contribution in [2.75, 3.05) is 26.2 Å². The number of rotatable bonds is 3. The fourth-order valence-corrected chi connectivity index (χ4v) is 3.35. The molecule has 1 heterocycles. The Morgan fingerprint density at radius 3 is 2.82 bits per heavy atom. The number of carbonyl (C=O) groups excluding carboxylic acids is 1. The van der Waals surface area contributed by atoms with Crippen molar-refractivity contribution in [1.29, 1.82) is 0 Å². The standard InChI is InChI=1S/C17H23ClN2O2/c18-13-6-7-16(22-14-4-1-2-5-14)15(12-13)17(21)20-10-3-8-19-9-11-20/h6-7,12,14,19H,1-5,8-11H2. The summed E-state index contributed by atoms with van der Waals surface area (Å²) in [4.78, 5) is 14.8. The van der Waals surface area contributed by atoms with E-state index in [-0.39, 0.29) is 12.0 Å². The molecule has 0 bridgehead atoms. The highest BCUT2D eigenvalue weighted by molar-refractivity contribution is 6.31. The van der Waals surface area contributed by atoms with E-state index >= 15 is 0 Å². The van der Waals surface area contributed by atoms with Crippen molar-refractivity contribution in [3.63, 3.8) is 0 Å². The summed E-state index contributed by atoms with van der Waals surface area (Å²) in [6.45, 7) is 3.31. The number of benzene rings is 1. The molecule has 0 unspecified atom stereocenters. The molecule has 0 aromatic heterocycles. The van der Waals surface area contributed by atoms with Crippen LogP contribution in [-0.4, -0.2) is 43.1 Å². The van der Waals surface area contributed by atoms with Crippen molar-refractivity contribution in [1.82, 2.24) is 10.2 Å². The predicted molar refractivity (Wildman–Crippen MR) is 87.7 cm³/mol. The second-order valence-corrected chi connectivity index (χ2v) is 6.50. The molecule has 1 N–H and O–H groups in total. The van der Waals surface area contributed by atoms with Crippen molar-refractivity contribution in [2.45, 2.75) is 38.2 Å². The molecule has 1 saturated carbocycles. The second-order valence-electron chi connectivity index (χ2n) is 6.06. The smallest absolute Gasteiger partial charge is 0.257 e. The van der Waals surface area contributed by atoms with Crippen LogP contribution in [0.4, 0.5) is 0 Å². The Labute approximate surface area is 136 Å². The zero-order valence-corrected chi connectivity index (χ0v) is 13.6. The average Bonchev–Trinajstić information content (AvgIpc) is 2.88. The summed E-state index contributed by atoms with van der Waals surface area (Å²) in [6, 6.07) is 5.38. The molecule has 4 nitrogen and oxygen atoms in total. The van der Waals surface area contributed by atoms with Crippen LogP contribution in [0.5, 0.6) is 5.75 Å². The molecular weight excluding hydrogens is 300 g/mol. The normalized spacial score (nSPS) is 20.0. The van der Waals surface area contributed by atoms with E-state index in [4.69, 9.17) is 16.3 Å². The average molecular weight is 323 g/mol. The van der Waals surface area contributed by atoms with Crippen LogP contribution >= 0.6 is 11.6 Å². The highest BCUT2D eigenvalue weighted by Gasteiger charge is 2.24. The Balaban J connectivity index is 1.80. The highest BCUT2D eigenvalue weighted by atomic mass is 35.5. The minimum atomic E-state index is 0.0270. The molecule has 3 rings (SSSR count). The number of carbonyl (C=O) groups is 1.